The van der Waals surface area contributed by atoms with E-state index in [0.717, 1.165) is 64.2 Å². The van der Waals surface area contributed by atoms with Crippen LogP contribution in [0.25, 0.3) is 0 Å². The molecule has 6 nitrogen and oxygen atoms in total. The van der Waals surface area contributed by atoms with Crippen molar-refractivity contribution in [3.63, 3.8) is 0 Å². The van der Waals surface area contributed by atoms with Gasteiger partial charge in [0.25, 0.3) is 0 Å². The van der Waals surface area contributed by atoms with Gasteiger partial charge in [-0.3, -0.25) is 14.4 Å². The molecule has 1 unspecified atom stereocenters. The summed E-state index contributed by atoms with van der Waals surface area (Å²) >= 11 is 0. The van der Waals surface area contributed by atoms with Crippen LogP contribution >= 0.6 is 0 Å². The van der Waals surface area contributed by atoms with Crippen molar-refractivity contribution in [2.45, 2.75) is 367 Å². The summed E-state index contributed by atoms with van der Waals surface area (Å²) in [6.07, 6.45) is 69.9. The summed E-state index contributed by atoms with van der Waals surface area (Å²) in [5.74, 6) is -0.863. The first-order valence-corrected chi connectivity index (χ1v) is 31.7. The van der Waals surface area contributed by atoms with E-state index in [9.17, 15) is 14.4 Å². The van der Waals surface area contributed by atoms with E-state index in [1.165, 1.54) is 257 Å². The second kappa shape index (κ2) is 59.7. The third kappa shape index (κ3) is 57.1. The van der Waals surface area contributed by atoms with Gasteiger partial charge in [0, 0.05) is 19.3 Å². The van der Waals surface area contributed by atoms with E-state index in [2.05, 4.69) is 32.9 Å². The van der Waals surface area contributed by atoms with Gasteiger partial charge in [0.2, 0.25) is 0 Å². The summed E-state index contributed by atoms with van der Waals surface area (Å²) in [5.41, 5.74) is 0. The molecule has 6 heteroatoms. The molecule has 0 heterocycles. The van der Waals surface area contributed by atoms with Crippen LogP contribution < -0.4 is 0 Å². The lowest BCUT2D eigenvalue weighted by Gasteiger charge is -2.18. The van der Waals surface area contributed by atoms with Gasteiger partial charge >= 0.3 is 17.9 Å². The van der Waals surface area contributed by atoms with Crippen LogP contribution in [-0.4, -0.2) is 37.2 Å². The molecule has 1 atom stereocenters. The van der Waals surface area contributed by atoms with Gasteiger partial charge in [-0.1, -0.05) is 315 Å². The van der Waals surface area contributed by atoms with E-state index >= 15 is 0 Å². The quantitative estimate of drug-likeness (QED) is 0.0261. The van der Waals surface area contributed by atoms with Crippen LogP contribution in [0.5, 0.6) is 0 Å². The maximum absolute atomic E-state index is 12.8. The minimum absolute atomic E-state index is 0.0684. The zero-order valence-corrected chi connectivity index (χ0v) is 47.6. The summed E-state index contributed by atoms with van der Waals surface area (Å²) in [4.78, 5) is 37.9. The molecule has 0 saturated heterocycles. The Morgan fingerprint density at radius 3 is 0.757 bits per heavy atom. The summed E-state index contributed by atoms with van der Waals surface area (Å²) in [6, 6.07) is 0. The molecule has 0 aromatic rings. The highest BCUT2D eigenvalue weighted by atomic mass is 16.6. The first-order chi connectivity index (χ1) is 34.5. The SMILES string of the molecule is CCCC/C=C\CCCCCCCC(=O)OC(COC(=O)CCCCCCCCCC)COC(=O)CCCCCCCCCCCCCCCCCCCCCCCCCCCCCCCCCCC. The first-order valence-electron chi connectivity index (χ1n) is 31.7. The standard InChI is InChI=1S/C64H122O6/c1-4-7-10-13-16-19-21-22-23-24-25-26-27-28-29-30-31-32-33-34-35-36-37-38-39-40-41-42-44-45-48-51-54-57-63(66)69-60-61(59-68-62(65)56-53-50-47-18-15-12-9-6-3)70-64(67)58-55-52-49-46-43-20-17-14-11-8-5-2/h14,17,61H,4-13,15-16,18-60H2,1-3H3/b17-14-. The molecule has 0 aliphatic carbocycles. The topological polar surface area (TPSA) is 78.9 Å². The van der Waals surface area contributed by atoms with Crippen molar-refractivity contribution in [3.05, 3.63) is 12.2 Å². The van der Waals surface area contributed by atoms with Crippen LogP contribution in [0.15, 0.2) is 12.2 Å². The second-order valence-electron chi connectivity index (χ2n) is 21.7. The largest absolute Gasteiger partial charge is 0.462 e. The predicted molar refractivity (Wildman–Crippen MR) is 303 cm³/mol. The molecule has 0 rings (SSSR count). The molecule has 0 N–H and O–H groups in total. The van der Waals surface area contributed by atoms with E-state index < -0.39 is 6.10 Å². The van der Waals surface area contributed by atoms with Gasteiger partial charge in [-0.2, -0.15) is 0 Å². The van der Waals surface area contributed by atoms with E-state index in [0.29, 0.717) is 19.3 Å². The van der Waals surface area contributed by atoms with Crippen LogP contribution in [0, 0.1) is 0 Å². The maximum atomic E-state index is 12.8. The van der Waals surface area contributed by atoms with Crippen molar-refractivity contribution >= 4 is 17.9 Å². The number of ether oxygens (including phenoxy) is 3. The van der Waals surface area contributed by atoms with Crippen molar-refractivity contribution in [1.82, 2.24) is 0 Å². The molecule has 0 aliphatic heterocycles. The third-order valence-corrected chi connectivity index (χ3v) is 14.5. The van der Waals surface area contributed by atoms with Gasteiger partial charge in [-0.05, 0) is 38.5 Å². The van der Waals surface area contributed by atoms with Gasteiger partial charge in [0.1, 0.15) is 13.2 Å². The number of carbonyl (C=O) groups is 3. The molecule has 0 saturated carbocycles. The first kappa shape index (κ1) is 68.2. The Morgan fingerprint density at radius 1 is 0.271 bits per heavy atom. The average molecular weight is 988 g/mol. The molecular formula is C64H122O6. The number of esters is 3. The summed E-state index contributed by atoms with van der Waals surface area (Å²) in [7, 11) is 0. The smallest absolute Gasteiger partial charge is 0.306 e. The fourth-order valence-corrected chi connectivity index (χ4v) is 9.72. The van der Waals surface area contributed by atoms with Crippen LogP contribution in [-0.2, 0) is 28.6 Å². The van der Waals surface area contributed by atoms with Crippen molar-refractivity contribution in [2.24, 2.45) is 0 Å². The average Bonchev–Trinajstić information content (AvgIpc) is 3.36. The Balaban J connectivity index is 3.88. The highest BCUT2D eigenvalue weighted by molar-refractivity contribution is 5.71. The molecule has 0 aliphatic rings. The van der Waals surface area contributed by atoms with Gasteiger partial charge in [-0.25, -0.2) is 0 Å². The van der Waals surface area contributed by atoms with Crippen LogP contribution in [0.4, 0.5) is 0 Å². The lowest BCUT2D eigenvalue weighted by Crippen LogP contribution is -2.30. The molecule has 0 bridgehead atoms. The number of unbranched alkanes of at least 4 members (excludes halogenated alkanes) is 46. The normalized spacial score (nSPS) is 12.0. The van der Waals surface area contributed by atoms with Crippen LogP contribution in [0.1, 0.15) is 361 Å². The molecule has 70 heavy (non-hydrogen) atoms. The van der Waals surface area contributed by atoms with E-state index in [4.69, 9.17) is 14.2 Å². The number of hydrogen-bond acceptors (Lipinski definition) is 6. The van der Waals surface area contributed by atoms with Gasteiger partial charge in [0.15, 0.2) is 6.10 Å². The Hall–Kier alpha value is -1.85. The highest BCUT2D eigenvalue weighted by Gasteiger charge is 2.19. The van der Waals surface area contributed by atoms with Gasteiger partial charge in [0.05, 0.1) is 0 Å². The fraction of sp³-hybridized carbons (Fsp3) is 0.922. The number of hydrogen-bond donors (Lipinski definition) is 0. The van der Waals surface area contributed by atoms with E-state index in [1.807, 2.05) is 0 Å². The Kier molecular flexibility index (Phi) is 58.1. The summed E-state index contributed by atoms with van der Waals surface area (Å²) in [5, 5.41) is 0. The fourth-order valence-electron chi connectivity index (χ4n) is 9.72. The Bertz CT molecular complexity index is 1090. The lowest BCUT2D eigenvalue weighted by atomic mass is 10.0. The third-order valence-electron chi connectivity index (χ3n) is 14.5. The zero-order valence-electron chi connectivity index (χ0n) is 47.6. The predicted octanol–water partition coefficient (Wildman–Crippen LogP) is 21.3. The molecule has 0 amide bonds. The molecule has 0 aromatic carbocycles. The Morgan fingerprint density at radius 2 is 0.486 bits per heavy atom. The Labute approximate surface area is 437 Å². The molecular weight excluding hydrogens is 865 g/mol. The molecule has 0 fully saturated rings. The van der Waals surface area contributed by atoms with Crippen LogP contribution in [0.3, 0.4) is 0 Å². The second-order valence-corrected chi connectivity index (χ2v) is 21.7. The molecule has 0 aromatic heterocycles. The van der Waals surface area contributed by atoms with Crippen LogP contribution in [0.2, 0.25) is 0 Å². The van der Waals surface area contributed by atoms with E-state index in [1.54, 1.807) is 0 Å². The van der Waals surface area contributed by atoms with Crippen molar-refractivity contribution < 1.29 is 28.6 Å². The highest BCUT2D eigenvalue weighted by Crippen LogP contribution is 2.18. The summed E-state index contributed by atoms with van der Waals surface area (Å²) in [6.45, 7) is 6.62. The van der Waals surface area contributed by atoms with Crippen molar-refractivity contribution in [3.8, 4) is 0 Å². The number of rotatable bonds is 59. The minimum atomic E-state index is -0.767. The van der Waals surface area contributed by atoms with Gasteiger partial charge < -0.3 is 14.2 Å². The zero-order chi connectivity index (χ0) is 50.7. The number of allylic oxidation sites excluding steroid dienone is 2. The van der Waals surface area contributed by atoms with E-state index in [-0.39, 0.29) is 31.1 Å². The molecule has 414 valence electrons. The molecule has 0 spiro atoms. The minimum Gasteiger partial charge on any atom is -0.462 e. The summed E-state index contributed by atoms with van der Waals surface area (Å²) < 4.78 is 16.8. The maximum Gasteiger partial charge on any atom is 0.306 e. The number of carbonyl (C=O) groups excluding carboxylic acids is 3. The lowest BCUT2D eigenvalue weighted by molar-refractivity contribution is -0.167. The van der Waals surface area contributed by atoms with Gasteiger partial charge in [-0.15, -0.1) is 0 Å². The van der Waals surface area contributed by atoms with Crippen molar-refractivity contribution in [1.29, 1.82) is 0 Å². The molecule has 0 radical (unpaired) electrons. The van der Waals surface area contributed by atoms with Crippen molar-refractivity contribution in [2.75, 3.05) is 13.2 Å². The monoisotopic (exact) mass is 987 g/mol.